The summed E-state index contributed by atoms with van der Waals surface area (Å²) in [6.45, 7) is 8.15. The Morgan fingerprint density at radius 1 is 1.17 bits per heavy atom. The monoisotopic (exact) mass is 328 g/mol. The molecule has 23 heavy (non-hydrogen) atoms. The largest absolute Gasteiger partial charge is 0.507 e. The Morgan fingerprint density at radius 3 is 2.52 bits per heavy atom. The number of phenols is 1. The Kier molecular flexibility index (Phi) is 4.22. The van der Waals surface area contributed by atoms with Crippen LogP contribution in [0.25, 0.3) is 22.2 Å². The van der Waals surface area contributed by atoms with Crippen LogP contribution < -0.4 is 0 Å². The molecule has 5 heteroatoms. The van der Waals surface area contributed by atoms with Gasteiger partial charge in [0.1, 0.15) is 5.75 Å². The van der Waals surface area contributed by atoms with Crippen LogP contribution in [0.5, 0.6) is 5.75 Å². The van der Waals surface area contributed by atoms with Crippen molar-refractivity contribution in [1.82, 2.24) is 10.1 Å². The van der Waals surface area contributed by atoms with Crippen LogP contribution in [0, 0.1) is 19.8 Å². The van der Waals surface area contributed by atoms with Crippen LogP contribution in [0.15, 0.2) is 28.8 Å². The molecule has 2 heterocycles. The number of nitrogens with zero attached hydrogens (tertiary/aromatic N) is 2. The van der Waals surface area contributed by atoms with Crippen molar-refractivity contribution in [2.45, 2.75) is 34.1 Å². The number of phenolic OH excluding ortho intramolecular Hbond substituents is 1. The van der Waals surface area contributed by atoms with Crippen LogP contribution in [0.2, 0.25) is 0 Å². The van der Waals surface area contributed by atoms with Crippen molar-refractivity contribution in [2.75, 3.05) is 0 Å². The zero-order chi connectivity index (χ0) is 16.6. The minimum absolute atomic E-state index is 0.314. The molecule has 0 unspecified atom stereocenters. The topological polar surface area (TPSA) is 59.2 Å². The van der Waals surface area contributed by atoms with Crippen molar-refractivity contribution >= 4 is 11.3 Å². The van der Waals surface area contributed by atoms with Crippen LogP contribution in [0.3, 0.4) is 0 Å². The van der Waals surface area contributed by atoms with Gasteiger partial charge in [0.25, 0.3) is 5.89 Å². The maximum absolute atomic E-state index is 9.87. The third-order valence-electron chi connectivity index (χ3n) is 3.66. The summed E-state index contributed by atoms with van der Waals surface area (Å²) >= 11 is 1.70. The van der Waals surface area contributed by atoms with Crippen molar-refractivity contribution in [3.05, 3.63) is 40.3 Å². The smallest absolute Gasteiger partial charge is 0.268 e. The molecule has 1 N–H and O–H groups in total. The molecule has 4 nitrogen and oxygen atoms in total. The van der Waals surface area contributed by atoms with Crippen LogP contribution in [-0.4, -0.2) is 15.2 Å². The standard InChI is InChI=1S/C18H20N2O2S/c1-10(2)7-14-5-6-15(23-14)18-19-17(20-22-18)13-8-11(3)16(21)12(4)9-13/h5-6,8-10,21H,7H2,1-4H3. The first-order chi connectivity index (χ1) is 10.9. The van der Waals surface area contributed by atoms with E-state index in [-0.39, 0.29) is 0 Å². The molecule has 0 radical (unpaired) electrons. The lowest BCUT2D eigenvalue weighted by Crippen LogP contribution is -1.89. The van der Waals surface area contributed by atoms with Crippen molar-refractivity contribution in [3.63, 3.8) is 0 Å². The van der Waals surface area contributed by atoms with E-state index in [9.17, 15) is 5.11 Å². The lowest BCUT2D eigenvalue weighted by Gasteiger charge is -2.04. The van der Waals surface area contributed by atoms with E-state index >= 15 is 0 Å². The first-order valence-electron chi connectivity index (χ1n) is 7.67. The molecule has 0 aliphatic heterocycles. The Morgan fingerprint density at radius 2 is 1.87 bits per heavy atom. The Labute approximate surface area is 139 Å². The average molecular weight is 328 g/mol. The Bertz CT molecular complexity index is 810. The van der Waals surface area contributed by atoms with Gasteiger partial charge in [0.2, 0.25) is 5.82 Å². The molecule has 0 fully saturated rings. The van der Waals surface area contributed by atoms with E-state index in [1.807, 2.05) is 32.0 Å². The number of hydrogen-bond acceptors (Lipinski definition) is 5. The third kappa shape index (κ3) is 3.29. The summed E-state index contributed by atoms with van der Waals surface area (Å²) in [6.07, 6.45) is 1.06. The quantitative estimate of drug-likeness (QED) is 0.733. The number of aryl methyl sites for hydroxylation is 2. The molecular formula is C18H20N2O2S. The summed E-state index contributed by atoms with van der Waals surface area (Å²) in [5.74, 6) is 2.03. The van der Waals surface area contributed by atoms with E-state index in [1.54, 1.807) is 11.3 Å². The van der Waals surface area contributed by atoms with E-state index in [0.29, 0.717) is 23.4 Å². The first-order valence-corrected chi connectivity index (χ1v) is 8.49. The highest BCUT2D eigenvalue weighted by Crippen LogP contribution is 2.32. The van der Waals surface area contributed by atoms with E-state index in [1.165, 1.54) is 4.88 Å². The summed E-state index contributed by atoms with van der Waals surface area (Å²) in [6, 6.07) is 7.90. The van der Waals surface area contributed by atoms with E-state index in [2.05, 4.69) is 30.1 Å². The fourth-order valence-corrected chi connectivity index (χ4v) is 3.67. The zero-order valence-electron chi connectivity index (χ0n) is 13.8. The van der Waals surface area contributed by atoms with Gasteiger partial charge in [-0.25, -0.2) is 0 Å². The highest BCUT2D eigenvalue weighted by Gasteiger charge is 2.15. The van der Waals surface area contributed by atoms with E-state index < -0.39 is 0 Å². The van der Waals surface area contributed by atoms with Gasteiger partial charge in [-0.15, -0.1) is 11.3 Å². The molecule has 0 aliphatic rings. The fraction of sp³-hybridized carbons (Fsp3) is 0.333. The third-order valence-corrected chi connectivity index (χ3v) is 4.75. The van der Waals surface area contributed by atoms with Gasteiger partial charge in [-0.3, -0.25) is 0 Å². The van der Waals surface area contributed by atoms with Crippen LogP contribution in [-0.2, 0) is 6.42 Å². The van der Waals surface area contributed by atoms with Crippen molar-refractivity contribution in [2.24, 2.45) is 5.92 Å². The second-order valence-electron chi connectivity index (χ2n) is 6.25. The molecule has 0 aliphatic carbocycles. The number of aromatic nitrogens is 2. The van der Waals surface area contributed by atoms with Crippen molar-refractivity contribution < 1.29 is 9.63 Å². The van der Waals surface area contributed by atoms with Gasteiger partial charge in [0.15, 0.2) is 0 Å². The molecule has 3 aromatic rings. The molecular weight excluding hydrogens is 308 g/mol. The Balaban J connectivity index is 1.90. The zero-order valence-corrected chi connectivity index (χ0v) is 14.6. The molecule has 0 atom stereocenters. The molecule has 3 rings (SSSR count). The molecule has 1 aromatic carbocycles. The molecule has 0 saturated carbocycles. The molecule has 0 spiro atoms. The molecule has 0 bridgehead atoms. The van der Waals surface area contributed by atoms with Crippen LogP contribution in [0.1, 0.15) is 29.9 Å². The van der Waals surface area contributed by atoms with Crippen LogP contribution in [0.4, 0.5) is 0 Å². The number of rotatable bonds is 4. The van der Waals surface area contributed by atoms with Gasteiger partial charge < -0.3 is 9.63 Å². The normalized spacial score (nSPS) is 11.3. The minimum atomic E-state index is 0.314. The van der Waals surface area contributed by atoms with Crippen LogP contribution >= 0.6 is 11.3 Å². The van der Waals surface area contributed by atoms with Gasteiger partial charge in [-0.1, -0.05) is 19.0 Å². The summed E-state index contributed by atoms with van der Waals surface area (Å²) in [4.78, 5) is 6.82. The fourth-order valence-electron chi connectivity index (χ4n) is 2.53. The highest BCUT2D eigenvalue weighted by molar-refractivity contribution is 7.15. The predicted octanol–water partition coefficient (Wildman–Crippen LogP) is 4.99. The van der Waals surface area contributed by atoms with E-state index in [0.717, 1.165) is 28.0 Å². The summed E-state index contributed by atoms with van der Waals surface area (Å²) < 4.78 is 5.42. The van der Waals surface area contributed by atoms with Crippen molar-refractivity contribution in [3.8, 4) is 27.9 Å². The summed E-state index contributed by atoms with van der Waals surface area (Å²) in [5, 5.41) is 14.0. The number of thiophene rings is 1. The van der Waals surface area contributed by atoms with E-state index in [4.69, 9.17) is 4.52 Å². The lowest BCUT2D eigenvalue weighted by atomic mass is 10.1. The maximum atomic E-state index is 9.87. The number of benzene rings is 1. The highest BCUT2D eigenvalue weighted by atomic mass is 32.1. The second kappa shape index (κ2) is 6.16. The van der Waals surface area contributed by atoms with Gasteiger partial charge in [-0.05, 0) is 61.6 Å². The Hall–Kier alpha value is -2.14. The summed E-state index contributed by atoms with van der Waals surface area (Å²) in [5.41, 5.74) is 2.47. The second-order valence-corrected chi connectivity index (χ2v) is 7.41. The van der Waals surface area contributed by atoms with Gasteiger partial charge in [0.05, 0.1) is 4.88 Å². The molecule has 120 valence electrons. The average Bonchev–Trinajstić information content (AvgIpc) is 3.12. The lowest BCUT2D eigenvalue weighted by molar-refractivity contribution is 0.433. The number of aromatic hydroxyl groups is 1. The van der Waals surface area contributed by atoms with Gasteiger partial charge in [0, 0.05) is 10.4 Å². The van der Waals surface area contributed by atoms with Gasteiger partial charge >= 0.3 is 0 Å². The summed E-state index contributed by atoms with van der Waals surface area (Å²) in [7, 11) is 0. The molecule has 0 amide bonds. The predicted molar refractivity (Wildman–Crippen MR) is 92.7 cm³/mol. The minimum Gasteiger partial charge on any atom is -0.507 e. The maximum Gasteiger partial charge on any atom is 0.268 e. The SMILES string of the molecule is Cc1cc(-c2noc(-c3ccc(CC(C)C)s3)n2)cc(C)c1O. The molecule has 0 saturated heterocycles. The molecule has 2 aromatic heterocycles. The van der Waals surface area contributed by atoms with Gasteiger partial charge in [-0.2, -0.15) is 4.98 Å². The first kappa shape index (κ1) is 15.7. The number of hydrogen-bond donors (Lipinski definition) is 1. The van der Waals surface area contributed by atoms with Crippen molar-refractivity contribution in [1.29, 1.82) is 0 Å².